The van der Waals surface area contributed by atoms with Crippen LogP contribution in [0.3, 0.4) is 0 Å². The van der Waals surface area contributed by atoms with E-state index in [4.69, 9.17) is 0 Å². The van der Waals surface area contributed by atoms with E-state index in [2.05, 4.69) is 27.1 Å². The molecular weight excluding hydrogens is 288 g/mol. The molecule has 1 saturated heterocycles. The monoisotopic (exact) mass is 310 g/mol. The Morgan fingerprint density at radius 1 is 1.26 bits per heavy atom. The second kappa shape index (κ2) is 5.80. The maximum Gasteiger partial charge on any atom is 0.233 e. The quantitative estimate of drug-likeness (QED) is 0.870. The predicted molar refractivity (Wildman–Crippen MR) is 86.7 cm³/mol. The van der Waals surface area contributed by atoms with Crippen LogP contribution in [0.4, 0.5) is 0 Å². The van der Waals surface area contributed by atoms with Gasteiger partial charge in [0.2, 0.25) is 5.91 Å². The third-order valence-corrected chi connectivity index (χ3v) is 5.20. The van der Waals surface area contributed by atoms with E-state index >= 15 is 0 Å². The second-order valence-electron chi connectivity index (χ2n) is 6.83. The topological polar surface area (TPSA) is 51.0 Å². The Bertz CT molecular complexity index is 664. The van der Waals surface area contributed by atoms with Gasteiger partial charge in [-0.3, -0.25) is 9.48 Å². The summed E-state index contributed by atoms with van der Waals surface area (Å²) in [6.45, 7) is 2.58. The first-order valence-electron chi connectivity index (χ1n) is 8.45. The number of piperidine rings is 1. The zero-order valence-corrected chi connectivity index (χ0v) is 13.3. The standard InChI is InChI=1S/C18H22N4O/c23-17(18(8-9-18)16-6-2-1-3-7-16)21-10-4-5-15(11-21)12-22-14-19-13-20-22/h1-3,6-7,13-15H,4-5,8-12H2. The van der Waals surface area contributed by atoms with Gasteiger partial charge in [0.05, 0.1) is 5.41 Å². The number of rotatable bonds is 4. The van der Waals surface area contributed by atoms with E-state index in [1.807, 2.05) is 22.9 Å². The third kappa shape index (κ3) is 2.76. The molecule has 0 bridgehead atoms. The van der Waals surface area contributed by atoms with Gasteiger partial charge in [-0.15, -0.1) is 0 Å². The predicted octanol–water partition coefficient (Wildman–Crippen LogP) is 2.25. The lowest BCUT2D eigenvalue weighted by Crippen LogP contribution is -2.45. The lowest BCUT2D eigenvalue weighted by Gasteiger charge is -2.35. The highest BCUT2D eigenvalue weighted by molar-refractivity contribution is 5.91. The van der Waals surface area contributed by atoms with Gasteiger partial charge in [0.1, 0.15) is 12.7 Å². The van der Waals surface area contributed by atoms with Crippen molar-refractivity contribution in [1.82, 2.24) is 19.7 Å². The molecule has 1 unspecified atom stereocenters. The summed E-state index contributed by atoms with van der Waals surface area (Å²) in [5, 5.41) is 4.19. The number of amides is 1. The third-order valence-electron chi connectivity index (χ3n) is 5.20. The summed E-state index contributed by atoms with van der Waals surface area (Å²) in [6, 6.07) is 10.3. The van der Waals surface area contributed by atoms with E-state index in [0.29, 0.717) is 11.8 Å². The van der Waals surface area contributed by atoms with Gasteiger partial charge in [-0.1, -0.05) is 30.3 Å². The zero-order valence-electron chi connectivity index (χ0n) is 13.3. The SMILES string of the molecule is O=C(N1CCCC(Cn2cncn2)C1)C1(c2ccccc2)CC1. The van der Waals surface area contributed by atoms with Crippen LogP contribution in [0.25, 0.3) is 0 Å². The van der Waals surface area contributed by atoms with Gasteiger partial charge in [0, 0.05) is 19.6 Å². The Labute approximate surface area is 136 Å². The second-order valence-corrected chi connectivity index (χ2v) is 6.83. The molecule has 2 aliphatic rings. The fraction of sp³-hybridized carbons (Fsp3) is 0.500. The summed E-state index contributed by atoms with van der Waals surface area (Å²) in [7, 11) is 0. The van der Waals surface area contributed by atoms with Crippen LogP contribution in [0.15, 0.2) is 43.0 Å². The molecule has 1 aliphatic heterocycles. The summed E-state index contributed by atoms with van der Waals surface area (Å²) in [4.78, 5) is 19.2. The fourth-order valence-corrected chi connectivity index (χ4v) is 3.80. The fourth-order valence-electron chi connectivity index (χ4n) is 3.80. The highest BCUT2D eigenvalue weighted by Crippen LogP contribution is 2.49. The van der Waals surface area contributed by atoms with Gasteiger partial charge >= 0.3 is 0 Å². The molecule has 4 rings (SSSR count). The van der Waals surface area contributed by atoms with Gasteiger partial charge < -0.3 is 4.90 Å². The molecule has 1 amide bonds. The van der Waals surface area contributed by atoms with Crippen LogP contribution in [-0.4, -0.2) is 38.7 Å². The van der Waals surface area contributed by atoms with Crippen molar-refractivity contribution in [3.63, 3.8) is 0 Å². The molecule has 1 atom stereocenters. The van der Waals surface area contributed by atoms with Crippen molar-refractivity contribution in [3.05, 3.63) is 48.5 Å². The number of carbonyl (C=O) groups is 1. The molecule has 5 heteroatoms. The van der Waals surface area contributed by atoms with Crippen molar-refractivity contribution in [1.29, 1.82) is 0 Å². The van der Waals surface area contributed by atoms with Crippen LogP contribution in [0, 0.1) is 5.92 Å². The Hall–Kier alpha value is -2.17. The normalized spacial score (nSPS) is 22.8. The number of carbonyl (C=O) groups excluding carboxylic acids is 1. The molecule has 1 aromatic carbocycles. The average molecular weight is 310 g/mol. The van der Waals surface area contributed by atoms with E-state index in [1.165, 1.54) is 5.56 Å². The summed E-state index contributed by atoms with van der Waals surface area (Å²) < 4.78 is 1.88. The lowest BCUT2D eigenvalue weighted by molar-refractivity contribution is -0.136. The molecule has 2 fully saturated rings. The molecule has 120 valence electrons. The lowest BCUT2D eigenvalue weighted by atomic mass is 9.91. The molecule has 1 aliphatic carbocycles. The Balaban J connectivity index is 1.46. The van der Waals surface area contributed by atoms with Crippen molar-refractivity contribution >= 4 is 5.91 Å². The van der Waals surface area contributed by atoms with Crippen LogP contribution < -0.4 is 0 Å². The molecule has 0 N–H and O–H groups in total. The highest BCUT2D eigenvalue weighted by atomic mass is 16.2. The molecule has 1 aromatic heterocycles. The number of likely N-dealkylation sites (tertiary alicyclic amines) is 1. The van der Waals surface area contributed by atoms with Gasteiger partial charge in [-0.2, -0.15) is 5.10 Å². The van der Waals surface area contributed by atoms with Crippen LogP contribution in [0.5, 0.6) is 0 Å². The average Bonchev–Trinajstić information content (AvgIpc) is 3.26. The molecular formula is C18H22N4O. The van der Waals surface area contributed by atoms with Crippen LogP contribution >= 0.6 is 0 Å². The first kappa shape index (κ1) is 14.4. The molecule has 2 heterocycles. The van der Waals surface area contributed by atoms with Gasteiger partial charge in [0.15, 0.2) is 0 Å². The van der Waals surface area contributed by atoms with E-state index < -0.39 is 0 Å². The Morgan fingerprint density at radius 3 is 2.78 bits per heavy atom. The zero-order chi connectivity index (χ0) is 15.7. The molecule has 5 nitrogen and oxygen atoms in total. The summed E-state index contributed by atoms with van der Waals surface area (Å²) in [5.74, 6) is 0.799. The largest absolute Gasteiger partial charge is 0.342 e. The smallest absolute Gasteiger partial charge is 0.233 e. The molecule has 0 spiro atoms. The summed E-state index contributed by atoms with van der Waals surface area (Å²) in [5.41, 5.74) is 0.944. The summed E-state index contributed by atoms with van der Waals surface area (Å²) in [6.07, 6.45) is 7.53. The van der Waals surface area contributed by atoms with Gasteiger partial charge in [-0.05, 0) is 37.2 Å². The Morgan fingerprint density at radius 2 is 2.09 bits per heavy atom. The minimum atomic E-state index is -0.240. The number of aromatic nitrogens is 3. The number of benzene rings is 1. The van der Waals surface area contributed by atoms with Crippen molar-refractivity contribution in [2.45, 2.75) is 37.6 Å². The first-order chi connectivity index (χ1) is 11.3. The molecule has 0 radical (unpaired) electrons. The Kier molecular flexibility index (Phi) is 3.63. The van der Waals surface area contributed by atoms with Crippen LogP contribution in [0.2, 0.25) is 0 Å². The van der Waals surface area contributed by atoms with E-state index in [1.54, 1.807) is 12.7 Å². The maximum atomic E-state index is 13.1. The molecule has 23 heavy (non-hydrogen) atoms. The van der Waals surface area contributed by atoms with Crippen molar-refractivity contribution < 1.29 is 4.79 Å². The maximum absolute atomic E-state index is 13.1. The number of hydrogen-bond donors (Lipinski definition) is 0. The van der Waals surface area contributed by atoms with Crippen molar-refractivity contribution in [3.8, 4) is 0 Å². The van der Waals surface area contributed by atoms with E-state index in [-0.39, 0.29) is 5.41 Å². The minimum Gasteiger partial charge on any atom is -0.342 e. The van der Waals surface area contributed by atoms with Crippen LogP contribution in [0.1, 0.15) is 31.2 Å². The van der Waals surface area contributed by atoms with Gasteiger partial charge in [0.25, 0.3) is 0 Å². The van der Waals surface area contributed by atoms with Crippen molar-refractivity contribution in [2.75, 3.05) is 13.1 Å². The van der Waals surface area contributed by atoms with Gasteiger partial charge in [-0.25, -0.2) is 4.98 Å². The summed E-state index contributed by atoms with van der Waals surface area (Å²) >= 11 is 0. The van der Waals surface area contributed by atoms with Crippen molar-refractivity contribution in [2.24, 2.45) is 5.92 Å². The molecule has 2 aromatic rings. The van der Waals surface area contributed by atoms with E-state index in [0.717, 1.165) is 45.3 Å². The first-order valence-corrected chi connectivity index (χ1v) is 8.45. The number of nitrogens with zero attached hydrogens (tertiary/aromatic N) is 4. The van der Waals surface area contributed by atoms with Crippen LogP contribution in [-0.2, 0) is 16.8 Å². The molecule has 1 saturated carbocycles. The van der Waals surface area contributed by atoms with E-state index in [9.17, 15) is 4.79 Å². The highest BCUT2D eigenvalue weighted by Gasteiger charge is 2.53. The minimum absolute atomic E-state index is 0.240. The number of hydrogen-bond acceptors (Lipinski definition) is 3.